The number of sulfone groups is 1. The summed E-state index contributed by atoms with van der Waals surface area (Å²) in [5.74, 6) is 1.73. The van der Waals surface area contributed by atoms with E-state index in [-0.39, 0.29) is 10.8 Å². The molecule has 1 rings (SSSR count). The van der Waals surface area contributed by atoms with Crippen LogP contribution in [0.1, 0.15) is 27.7 Å². The fourth-order valence-corrected chi connectivity index (χ4v) is 5.22. The van der Waals surface area contributed by atoms with Gasteiger partial charge in [-0.1, -0.05) is 27.7 Å². The molecule has 1 N–H and O–H groups in total. The fourth-order valence-electron chi connectivity index (χ4n) is 2.28. The first-order chi connectivity index (χ1) is 8.62. The Balaban J connectivity index is 2.66. The van der Waals surface area contributed by atoms with Gasteiger partial charge in [-0.25, -0.2) is 8.42 Å². The molecule has 114 valence electrons. The zero-order valence-electron chi connectivity index (χ0n) is 12.8. The number of thioether (sulfide) groups is 1. The molecule has 19 heavy (non-hydrogen) atoms. The minimum absolute atomic E-state index is 0.0786. The van der Waals surface area contributed by atoms with Crippen LogP contribution in [0, 0.1) is 5.41 Å². The minimum Gasteiger partial charge on any atom is -0.314 e. The lowest BCUT2D eigenvalue weighted by molar-refractivity contribution is 0.169. The van der Waals surface area contributed by atoms with Crippen molar-refractivity contribution in [1.82, 2.24) is 10.2 Å². The molecule has 0 amide bonds. The molecule has 0 saturated carbocycles. The number of rotatable bonds is 6. The molecule has 0 aliphatic carbocycles. The molecule has 4 nitrogen and oxygen atoms in total. The van der Waals surface area contributed by atoms with Crippen molar-refractivity contribution in [1.29, 1.82) is 0 Å². The predicted molar refractivity (Wildman–Crippen MR) is 84.4 cm³/mol. The van der Waals surface area contributed by atoms with E-state index in [2.05, 4.69) is 37.9 Å². The van der Waals surface area contributed by atoms with E-state index < -0.39 is 9.84 Å². The van der Waals surface area contributed by atoms with Gasteiger partial charge >= 0.3 is 0 Å². The van der Waals surface area contributed by atoms with Gasteiger partial charge in [-0.05, 0) is 5.41 Å². The second kappa shape index (κ2) is 6.78. The molecule has 1 aliphatic heterocycles. The van der Waals surface area contributed by atoms with Gasteiger partial charge < -0.3 is 5.32 Å². The molecular formula is C13H28N2O2S2. The predicted octanol–water partition coefficient (Wildman–Crippen LogP) is 1.43. The van der Waals surface area contributed by atoms with Crippen LogP contribution in [-0.4, -0.2) is 62.1 Å². The van der Waals surface area contributed by atoms with Crippen molar-refractivity contribution >= 4 is 21.6 Å². The molecule has 0 spiro atoms. The van der Waals surface area contributed by atoms with Crippen molar-refractivity contribution in [2.75, 3.05) is 37.4 Å². The fraction of sp³-hybridized carbons (Fsp3) is 1.00. The SMILES string of the molecule is CC(C)NCC(C)(C)CN1CCSCC1S(C)(=O)=O. The van der Waals surface area contributed by atoms with Crippen molar-refractivity contribution in [3.63, 3.8) is 0 Å². The van der Waals surface area contributed by atoms with Gasteiger partial charge in [0.05, 0.1) is 0 Å². The molecule has 6 heteroatoms. The highest BCUT2D eigenvalue weighted by atomic mass is 32.2. The molecule has 1 atom stereocenters. The van der Waals surface area contributed by atoms with E-state index in [0.29, 0.717) is 11.8 Å². The lowest BCUT2D eigenvalue weighted by atomic mass is 9.92. The maximum atomic E-state index is 11.9. The largest absolute Gasteiger partial charge is 0.314 e. The van der Waals surface area contributed by atoms with Crippen LogP contribution in [-0.2, 0) is 9.84 Å². The highest BCUT2D eigenvalue weighted by Crippen LogP contribution is 2.25. The summed E-state index contributed by atoms with van der Waals surface area (Å²) in [5.41, 5.74) is 0.0786. The highest BCUT2D eigenvalue weighted by molar-refractivity contribution is 8.00. The summed E-state index contributed by atoms with van der Waals surface area (Å²) >= 11 is 1.74. The van der Waals surface area contributed by atoms with Crippen molar-refractivity contribution in [3.8, 4) is 0 Å². The Hall–Kier alpha value is 0.220. The van der Waals surface area contributed by atoms with Gasteiger partial charge in [-0.3, -0.25) is 4.90 Å². The highest BCUT2D eigenvalue weighted by Gasteiger charge is 2.34. The third-order valence-electron chi connectivity index (χ3n) is 3.30. The average molecular weight is 309 g/mol. The van der Waals surface area contributed by atoms with Gasteiger partial charge in [-0.2, -0.15) is 11.8 Å². The maximum absolute atomic E-state index is 11.9. The Kier molecular flexibility index (Phi) is 6.17. The number of hydrogen-bond acceptors (Lipinski definition) is 5. The molecule has 1 saturated heterocycles. The third-order valence-corrected chi connectivity index (χ3v) is 5.99. The Labute approximate surface area is 122 Å². The maximum Gasteiger partial charge on any atom is 0.164 e. The number of nitrogens with one attached hydrogen (secondary N) is 1. The normalized spacial score (nSPS) is 22.9. The van der Waals surface area contributed by atoms with Gasteiger partial charge in [0.1, 0.15) is 5.37 Å². The molecule has 0 aromatic carbocycles. The van der Waals surface area contributed by atoms with E-state index in [0.717, 1.165) is 25.4 Å². The third kappa shape index (κ3) is 6.02. The van der Waals surface area contributed by atoms with Crippen LogP contribution in [0.15, 0.2) is 0 Å². The first kappa shape index (κ1) is 17.3. The molecule has 1 aliphatic rings. The Bertz CT molecular complexity index is 380. The standard InChI is InChI=1S/C13H28N2O2S2/c1-11(2)14-9-13(3,4)10-15-6-7-18-8-12(15)19(5,16)17/h11-12,14H,6-10H2,1-5H3. The summed E-state index contributed by atoms with van der Waals surface area (Å²) in [7, 11) is -2.99. The van der Waals surface area contributed by atoms with Crippen molar-refractivity contribution < 1.29 is 8.42 Å². The molecular weight excluding hydrogens is 280 g/mol. The first-order valence-electron chi connectivity index (χ1n) is 6.86. The molecule has 0 aromatic rings. The number of nitrogens with zero attached hydrogens (tertiary/aromatic N) is 1. The van der Waals surface area contributed by atoms with Crippen LogP contribution in [0.5, 0.6) is 0 Å². The molecule has 1 fully saturated rings. The van der Waals surface area contributed by atoms with Crippen LogP contribution in [0.2, 0.25) is 0 Å². The zero-order chi connectivity index (χ0) is 14.7. The van der Waals surface area contributed by atoms with E-state index in [1.165, 1.54) is 6.26 Å². The van der Waals surface area contributed by atoms with E-state index >= 15 is 0 Å². The molecule has 0 bridgehead atoms. The lowest BCUT2D eigenvalue weighted by Crippen LogP contribution is -2.52. The van der Waals surface area contributed by atoms with Crippen LogP contribution in [0.3, 0.4) is 0 Å². The van der Waals surface area contributed by atoms with E-state index in [4.69, 9.17) is 0 Å². The Morgan fingerprint density at radius 1 is 1.42 bits per heavy atom. The van der Waals surface area contributed by atoms with Gasteiger partial charge in [0.25, 0.3) is 0 Å². The summed E-state index contributed by atoms with van der Waals surface area (Å²) < 4.78 is 23.8. The summed E-state index contributed by atoms with van der Waals surface area (Å²) in [6, 6.07) is 0.460. The van der Waals surface area contributed by atoms with E-state index in [1.807, 2.05) is 0 Å². The van der Waals surface area contributed by atoms with Crippen molar-refractivity contribution in [2.24, 2.45) is 5.41 Å². The molecule has 0 radical (unpaired) electrons. The summed E-state index contributed by atoms with van der Waals surface area (Å²) in [4.78, 5) is 2.15. The second-order valence-electron chi connectivity index (χ2n) is 6.53. The Morgan fingerprint density at radius 2 is 2.05 bits per heavy atom. The van der Waals surface area contributed by atoms with Crippen molar-refractivity contribution in [3.05, 3.63) is 0 Å². The van der Waals surface area contributed by atoms with E-state index in [1.54, 1.807) is 11.8 Å². The zero-order valence-corrected chi connectivity index (χ0v) is 14.4. The topological polar surface area (TPSA) is 49.4 Å². The lowest BCUT2D eigenvalue weighted by Gasteiger charge is -2.39. The van der Waals surface area contributed by atoms with E-state index in [9.17, 15) is 8.42 Å². The second-order valence-corrected chi connectivity index (χ2v) is 9.88. The molecule has 1 heterocycles. The van der Waals surface area contributed by atoms with Gasteiger partial charge in [0, 0.05) is 43.4 Å². The minimum atomic E-state index is -2.99. The number of hydrogen-bond donors (Lipinski definition) is 1. The smallest absolute Gasteiger partial charge is 0.164 e. The molecule has 0 aromatic heterocycles. The Morgan fingerprint density at radius 3 is 2.58 bits per heavy atom. The average Bonchev–Trinajstić information content (AvgIpc) is 2.25. The van der Waals surface area contributed by atoms with Crippen LogP contribution < -0.4 is 5.32 Å². The summed E-state index contributed by atoms with van der Waals surface area (Å²) in [6.45, 7) is 11.3. The molecule has 1 unspecified atom stereocenters. The van der Waals surface area contributed by atoms with Crippen LogP contribution in [0.25, 0.3) is 0 Å². The monoisotopic (exact) mass is 308 g/mol. The quantitative estimate of drug-likeness (QED) is 0.804. The van der Waals surface area contributed by atoms with Crippen molar-refractivity contribution in [2.45, 2.75) is 39.1 Å². The summed E-state index contributed by atoms with van der Waals surface area (Å²) in [6.07, 6.45) is 1.36. The van der Waals surface area contributed by atoms with Gasteiger partial charge in [0.15, 0.2) is 9.84 Å². The first-order valence-corrected chi connectivity index (χ1v) is 9.97. The summed E-state index contributed by atoms with van der Waals surface area (Å²) in [5, 5.41) is 3.13. The van der Waals surface area contributed by atoms with Gasteiger partial charge in [-0.15, -0.1) is 0 Å². The van der Waals surface area contributed by atoms with Gasteiger partial charge in [0.2, 0.25) is 0 Å². The van der Waals surface area contributed by atoms with Crippen LogP contribution in [0.4, 0.5) is 0 Å². The van der Waals surface area contributed by atoms with Crippen LogP contribution >= 0.6 is 11.8 Å².